The van der Waals surface area contributed by atoms with Gasteiger partial charge in [0.1, 0.15) is 6.61 Å². The van der Waals surface area contributed by atoms with Gasteiger partial charge < -0.3 is 24.0 Å². The van der Waals surface area contributed by atoms with Gasteiger partial charge in [-0.05, 0) is 32.1 Å². The number of morpholine rings is 1. The van der Waals surface area contributed by atoms with E-state index in [4.69, 9.17) is 14.2 Å². The van der Waals surface area contributed by atoms with E-state index in [1.54, 1.807) is 0 Å². The molecule has 0 radical (unpaired) electrons. The minimum absolute atomic E-state index is 0.0555. The lowest BCUT2D eigenvalue weighted by molar-refractivity contribution is -0.171. The minimum Gasteiger partial charge on any atom is -0.378 e. The fourth-order valence-corrected chi connectivity index (χ4v) is 5.61. The topological polar surface area (TPSA) is 68.3 Å². The highest BCUT2D eigenvalue weighted by Crippen LogP contribution is 2.40. The predicted octanol–water partition coefficient (Wildman–Crippen LogP) is 2.37. The summed E-state index contributed by atoms with van der Waals surface area (Å²) >= 11 is 0. The van der Waals surface area contributed by atoms with E-state index in [0.717, 1.165) is 51.6 Å². The van der Waals surface area contributed by atoms with Crippen LogP contribution in [0.1, 0.15) is 64.7 Å². The number of nitrogens with zero attached hydrogens (tertiary/aromatic N) is 2. The lowest BCUT2D eigenvalue weighted by atomic mass is 9.74. The molecule has 4 rings (SSSR count). The molecule has 1 saturated carbocycles. The maximum atomic E-state index is 13.1. The van der Waals surface area contributed by atoms with E-state index in [0.29, 0.717) is 38.8 Å². The summed E-state index contributed by atoms with van der Waals surface area (Å²) in [6.45, 7) is 7.05. The first kappa shape index (κ1) is 22.0. The fourth-order valence-electron chi connectivity index (χ4n) is 5.61. The summed E-state index contributed by atoms with van der Waals surface area (Å²) < 4.78 is 17.6. The zero-order valence-corrected chi connectivity index (χ0v) is 18.5. The van der Waals surface area contributed by atoms with Gasteiger partial charge in [0, 0.05) is 44.6 Å². The Morgan fingerprint density at radius 1 is 0.933 bits per heavy atom. The monoisotopic (exact) mass is 422 g/mol. The van der Waals surface area contributed by atoms with Crippen LogP contribution in [0, 0.1) is 5.41 Å². The van der Waals surface area contributed by atoms with Crippen molar-refractivity contribution in [1.82, 2.24) is 9.80 Å². The summed E-state index contributed by atoms with van der Waals surface area (Å²) in [5.74, 6) is 0.400. The summed E-state index contributed by atoms with van der Waals surface area (Å²) in [6, 6.07) is 0. The Morgan fingerprint density at radius 2 is 1.63 bits per heavy atom. The Labute approximate surface area is 180 Å². The summed E-state index contributed by atoms with van der Waals surface area (Å²) in [4.78, 5) is 29.4. The first-order valence-electron chi connectivity index (χ1n) is 11.9. The van der Waals surface area contributed by atoms with E-state index in [-0.39, 0.29) is 29.6 Å². The summed E-state index contributed by atoms with van der Waals surface area (Å²) in [5.41, 5.74) is -0.364. The second-order valence-corrected chi connectivity index (χ2v) is 9.86. The second-order valence-electron chi connectivity index (χ2n) is 9.86. The van der Waals surface area contributed by atoms with Crippen LogP contribution in [-0.4, -0.2) is 85.9 Å². The van der Waals surface area contributed by atoms with Crippen LogP contribution in [0.5, 0.6) is 0 Å². The van der Waals surface area contributed by atoms with Gasteiger partial charge in [-0.25, -0.2) is 0 Å². The summed E-state index contributed by atoms with van der Waals surface area (Å²) in [6.07, 6.45) is 9.10. The molecule has 2 amide bonds. The van der Waals surface area contributed by atoms with Crippen molar-refractivity contribution in [2.45, 2.75) is 76.4 Å². The van der Waals surface area contributed by atoms with Gasteiger partial charge in [0.2, 0.25) is 11.8 Å². The number of likely N-dealkylation sites (tertiary alicyclic amines) is 1. The smallest absolute Gasteiger partial charge is 0.248 e. The van der Waals surface area contributed by atoms with Gasteiger partial charge in [-0.15, -0.1) is 0 Å². The molecular formula is C23H38N2O5. The highest BCUT2D eigenvalue weighted by molar-refractivity contribution is 5.82. The molecule has 1 aliphatic carbocycles. The van der Waals surface area contributed by atoms with Crippen LogP contribution < -0.4 is 0 Å². The first-order valence-corrected chi connectivity index (χ1v) is 11.9. The molecule has 170 valence electrons. The molecule has 7 heteroatoms. The second kappa shape index (κ2) is 9.53. The SMILES string of the molecule is CC1(C(=O)N2CCC3(CC2)CC(OCC(=O)N2CCOCC2)CCO3)CCCCC1. The van der Waals surface area contributed by atoms with E-state index in [1.807, 2.05) is 4.90 Å². The number of amides is 2. The molecule has 1 atom stereocenters. The van der Waals surface area contributed by atoms with E-state index in [9.17, 15) is 9.59 Å². The molecule has 0 aromatic heterocycles. The number of rotatable bonds is 4. The fraction of sp³-hybridized carbons (Fsp3) is 0.913. The van der Waals surface area contributed by atoms with Crippen molar-refractivity contribution in [1.29, 1.82) is 0 Å². The quantitative estimate of drug-likeness (QED) is 0.696. The predicted molar refractivity (Wildman–Crippen MR) is 112 cm³/mol. The van der Waals surface area contributed by atoms with Crippen LogP contribution in [0.15, 0.2) is 0 Å². The number of ether oxygens (including phenoxy) is 3. The third kappa shape index (κ3) is 5.00. The first-order chi connectivity index (χ1) is 14.5. The zero-order chi connectivity index (χ0) is 21.0. The molecule has 1 spiro atoms. The lowest BCUT2D eigenvalue weighted by Gasteiger charge is -2.47. The van der Waals surface area contributed by atoms with Gasteiger partial charge in [0.25, 0.3) is 0 Å². The van der Waals surface area contributed by atoms with Crippen molar-refractivity contribution in [3.05, 3.63) is 0 Å². The van der Waals surface area contributed by atoms with Crippen LogP contribution in [0.25, 0.3) is 0 Å². The van der Waals surface area contributed by atoms with Gasteiger partial charge in [0.05, 0.1) is 24.9 Å². The van der Waals surface area contributed by atoms with Gasteiger partial charge >= 0.3 is 0 Å². The molecule has 0 bridgehead atoms. The average Bonchev–Trinajstić information content (AvgIpc) is 2.79. The van der Waals surface area contributed by atoms with Gasteiger partial charge in [0.15, 0.2) is 0 Å². The molecule has 30 heavy (non-hydrogen) atoms. The Morgan fingerprint density at radius 3 is 2.33 bits per heavy atom. The number of carbonyl (C=O) groups is 2. The summed E-state index contributed by atoms with van der Waals surface area (Å²) in [7, 11) is 0. The standard InChI is InChI=1S/C23H38N2O5/c1-22(6-3-2-4-7-22)21(27)25-10-8-23(9-11-25)17-19(5-14-30-23)29-18-20(26)24-12-15-28-16-13-24/h19H,2-18H2,1H3. The van der Waals surface area contributed by atoms with Crippen molar-refractivity contribution in [2.24, 2.45) is 5.41 Å². The molecule has 0 N–H and O–H groups in total. The normalized spacial score (nSPS) is 29.0. The maximum absolute atomic E-state index is 13.1. The number of piperidine rings is 1. The third-order valence-corrected chi connectivity index (χ3v) is 7.69. The number of hydrogen-bond donors (Lipinski definition) is 0. The Balaban J connectivity index is 1.25. The van der Waals surface area contributed by atoms with Gasteiger partial charge in [-0.3, -0.25) is 9.59 Å². The highest BCUT2D eigenvalue weighted by Gasteiger charge is 2.44. The van der Waals surface area contributed by atoms with Crippen LogP contribution in [0.2, 0.25) is 0 Å². The molecule has 1 unspecified atom stereocenters. The van der Waals surface area contributed by atoms with Crippen molar-refractivity contribution < 1.29 is 23.8 Å². The lowest BCUT2D eigenvalue weighted by Crippen LogP contribution is -2.54. The largest absolute Gasteiger partial charge is 0.378 e. The molecule has 4 fully saturated rings. The van der Waals surface area contributed by atoms with Crippen molar-refractivity contribution >= 4 is 11.8 Å². The highest BCUT2D eigenvalue weighted by atomic mass is 16.5. The van der Waals surface area contributed by atoms with Crippen LogP contribution in [0.4, 0.5) is 0 Å². The Kier molecular flexibility index (Phi) is 7.00. The van der Waals surface area contributed by atoms with Crippen molar-refractivity contribution in [3.8, 4) is 0 Å². The molecule has 4 aliphatic rings. The van der Waals surface area contributed by atoms with Crippen LogP contribution in [-0.2, 0) is 23.8 Å². The molecule has 0 aromatic rings. The van der Waals surface area contributed by atoms with Gasteiger partial charge in [-0.2, -0.15) is 0 Å². The Bertz CT molecular complexity index is 605. The van der Waals surface area contributed by atoms with Crippen molar-refractivity contribution in [2.75, 3.05) is 52.6 Å². The molecule has 3 aliphatic heterocycles. The zero-order valence-electron chi connectivity index (χ0n) is 18.5. The molecule has 7 nitrogen and oxygen atoms in total. The minimum atomic E-state index is -0.199. The maximum Gasteiger partial charge on any atom is 0.248 e. The number of carbonyl (C=O) groups excluding carboxylic acids is 2. The number of hydrogen-bond acceptors (Lipinski definition) is 5. The van der Waals surface area contributed by atoms with Crippen LogP contribution in [0.3, 0.4) is 0 Å². The van der Waals surface area contributed by atoms with Crippen molar-refractivity contribution in [3.63, 3.8) is 0 Å². The average molecular weight is 423 g/mol. The molecule has 0 aromatic carbocycles. The third-order valence-electron chi connectivity index (χ3n) is 7.69. The van der Waals surface area contributed by atoms with E-state index in [2.05, 4.69) is 11.8 Å². The molecular weight excluding hydrogens is 384 g/mol. The van der Waals surface area contributed by atoms with E-state index >= 15 is 0 Å². The van der Waals surface area contributed by atoms with E-state index < -0.39 is 0 Å². The molecule has 3 heterocycles. The van der Waals surface area contributed by atoms with E-state index in [1.165, 1.54) is 19.3 Å². The summed E-state index contributed by atoms with van der Waals surface area (Å²) in [5, 5.41) is 0. The molecule has 3 saturated heterocycles. The van der Waals surface area contributed by atoms with Crippen LogP contribution >= 0.6 is 0 Å². The Hall–Kier alpha value is -1.18. The van der Waals surface area contributed by atoms with Gasteiger partial charge in [-0.1, -0.05) is 26.2 Å².